The number of hydrogen-bond donors (Lipinski definition) is 0. The van der Waals surface area contributed by atoms with Crippen LogP contribution in [0.15, 0.2) is 36.5 Å². The van der Waals surface area contributed by atoms with Crippen molar-refractivity contribution in [3.8, 4) is 0 Å². The zero-order valence-electron chi connectivity index (χ0n) is 9.41. The number of rotatable bonds is 0. The van der Waals surface area contributed by atoms with E-state index in [2.05, 4.69) is 49.2 Å². The third-order valence-electron chi connectivity index (χ3n) is 3.09. The fraction of sp³-hybridized carbons (Fsp3) is 0.133. The highest BCUT2D eigenvalue weighted by molar-refractivity contribution is 6.05. The molecular weight excluding hydrogens is 194 g/mol. The van der Waals surface area contributed by atoms with E-state index in [0.717, 1.165) is 10.9 Å². The first kappa shape index (κ1) is 9.34. The van der Waals surface area contributed by atoms with Crippen LogP contribution in [0.5, 0.6) is 0 Å². The highest BCUT2D eigenvalue weighted by Crippen LogP contribution is 2.25. The number of aromatic nitrogens is 1. The van der Waals surface area contributed by atoms with Gasteiger partial charge in [0.1, 0.15) is 0 Å². The average molecular weight is 206 g/mol. The quantitative estimate of drug-likeness (QED) is 0.510. The Morgan fingerprint density at radius 1 is 1.12 bits per heavy atom. The third-order valence-corrected chi connectivity index (χ3v) is 3.09. The van der Waals surface area contributed by atoms with Gasteiger partial charge in [-0.15, -0.1) is 0 Å². The van der Waals surface area contributed by atoms with Gasteiger partial charge in [0.2, 0.25) is 0 Å². The normalized spacial score (nSPS) is 11.1. The van der Waals surface area contributed by atoms with Crippen molar-refractivity contribution in [3.63, 3.8) is 0 Å². The van der Waals surface area contributed by atoms with E-state index in [4.69, 9.17) is 0 Å². The molecule has 3 aromatic rings. The van der Waals surface area contributed by atoms with Crippen LogP contribution in [-0.2, 0) is 0 Å². The van der Waals surface area contributed by atoms with Crippen LogP contribution >= 0.6 is 0 Å². The molecule has 0 atom stereocenters. The van der Waals surface area contributed by atoms with E-state index in [1.54, 1.807) is 0 Å². The maximum Gasteiger partial charge on any atom is 0.0717 e. The van der Waals surface area contributed by atoms with Gasteiger partial charge in [-0.05, 0) is 42.5 Å². The monoisotopic (exact) mass is 206 g/mol. The Hall–Kier alpha value is -1.89. The first-order valence-electron chi connectivity index (χ1n) is 5.43. The predicted octanol–water partition coefficient (Wildman–Crippen LogP) is 3.81. The maximum absolute atomic E-state index is 4.48. The lowest BCUT2D eigenvalue weighted by Crippen LogP contribution is -1.87. The van der Waals surface area contributed by atoms with E-state index in [1.807, 2.05) is 12.3 Å². The Morgan fingerprint density at radius 3 is 2.81 bits per heavy atom. The number of hydrogen-bond acceptors (Lipinski definition) is 1. The molecule has 2 aromatic carbocycles. The Bertz CT molecular complexity index is 683. The highest BCUT2D eigenvalue weighted by Gasteiger charge is 2.03. The molecule has 1 radical (unpaired) electrons. The predicted molar refractivity (Wildman–Crippen MR) is 67.6 cm³/mol. The Morgan fingerprint density at radius 2 is 1.94 bits per heavy atom. The minimum absolute atomic E-state index is 1.03. The van der Waals surface area contributed by atoms with Gasteiger partial charge >= 0.3 is 0 Å². The number of pyridine rings is 1. The van der Waals surface area contributed by atoms with E-state index in [1.165, 1.54) is 21.9 Å². The molecule has 0 unspecified atom stereocenters. The molecule has 0 aliphatic heterocycles. The molecule has 1 nitrogen and oxygen atoms in total. The first-order valence-corrected chi connectivity index (χ1v) is 5.43. The SMILES string of the molecule is Cc1[c]c2c(cc1C)ncc1ccccc12. The number of nitrogens with zero attached hydrogens (tertiary/aromatic N) is 1. The molecule has 77 valence electrons. The second-order valence-electron chi connectivity index (χ2n) is 4.18. The molecule has 0 fully saturated rings. The number of fused-ring (bicyclic) bond motifs is 3. The minimum atomic E-state index is 1.03. The average Bonchev–Trinajstić information content (AvgIpc) is 2.31. The topological polar surface area (TPSA) is 12.9 Å². The third kappa shape index (κ3) is 1.28. The lowest BCUT2D eigenvalue weighted by atomic mass is 10.0. The van der Waals surface area contributed by atoms with Crippen molar-refractivity contribution in [1.82, 2.24) is 4.98 Å². The summed E-state index contributed by atoms with van der Waals surface area (Å²) in [7, 11) is 0. The summed E-state index contributed by atoms with van der Waals surface area (Å²) in [6.45, 7) is 4.19. The smallest absolute Gasteiger partial charge is 0.0717 e. The molecular formula is C15H12N. The lowest BCUT2D eigenvalue weighted by molar-refractivity contribution is 1.33. The van der Waals surface area contributed by atoms with Gasteiger partial charge in [0.05, 0.1) is 5.52 Å². The summed E-state index contributed by atoms with van der Waals surface area (Å²) in [5, 5.41) is 3.53. The van der Waals surface area contributed by atoms with E-state index in [9.17, 15) is 0 Å². The van der Waals surface area contributed by atoms with Gasteiger partial charge in [-0.3, -0.25) is 4.98 Å². The van der Waals surface area contributed by atoms with Gasteiger partial charge in [-0.1, -0.05) is 24.3 Å². The zero-order valence-corrected chi connectivity index (χ0v) is 9.41. The molecule has 0 bridgehead atoms. The van der Waals surface area contributed by atoms with Crippen LogP contribution in [0, 0.1) is 19.9 Å². The molecule has 3 rings (SSSR count). The summed E-state index contributed by atoms with van der Waals surface area (Å²) in [6, 6.07) is 13.9. The largest absolute Gasteiger partial charge is 0.256 e. The van der Waals surface area contributed by atoms with Crippen molar-refractivity contribution in [2.45, 2.75) is 13.8 Å². The van der Waals surface area contributed by atoms with E-state index in [0.29, 0.717) is 0 Å². The fourth-order valence-corrected chi connectivity index (χ4v) is 2.02. The van der Waals surface area contributed by atoms with E-state index < -0.39 is 0 Å². The van der Waals surface area contributed by atoms with Crippen LogP contribution in [0.4, 0.5) is 0 Å². The zero-order chi connectivity index (χ0) is 11.1. The van der Waals surface area contributed by atoms with Crippen LogP contribution in [0.3, 0.4) is 0 Å². The van der Waals surface area contributed by atoms with Gasteiger partial charge in [0, 0.05) is 17.0 Å². The van der Waals surface area contributed by atoms with Gasteiger partial charge in [0.15, 0.2) is 0 Å². The summed E-state index contributed by atoms with van der Waals surface area (Å²) < 4.78 is 0. The van der Waals surface area contributed by atoms with Gasteiger partial charge in [-0.25, -0.2) is 0 Å². The Labute approximate surface area is 94.7 Å². The van der Waals surface area contributed by atoms with Crippen LogP contribution in [0.1, 0.15) is 11.1 Å². The summed E-state index contributed by atoms with van der Waals surface area (Å²) in [5.41, 5.74) is 3.47. The molecule has 0 saturated carbocycles. The van der Waals surface area contributed by atoms with E-state index >= 15 is 0 Å². The summed E-state index contributed by atoms with van der Waals surface area (Å²) in [6.07, 6.45) is 1.93. The van der Waals surface area contributed by atoms with Gasteiger partial charge in [0.25, 0.3) is 0 Å². The van der Waals surface area contributed by atoms with Crippen molar-refractivity contribution in [2.24, 2.45) is 0 Å². The van der Waals surface area contributed by atoms with E-state index in [-0.39, 0.29) is 0 Å². The lowest BCUT2D eigenvalue weighted by Gasteiger charge is -2.05. The highest BCUT2D eigenvalue weighted by atomic mass is 14.6. The fourth-order valence-electron chi connectivity index (χ4n) is 2.02. The standard InChI is InChI=1S/C15H12N/c1-10-7-14-13-6-4-3-5-12(13)9-16-15(14)8-11(10)2/h3-6,8-9H,1-2H3. The maximum atomic E-state index is 4.48. The molecule has 1 heterocycles. The Balaban J connectivity index is 2.55. The van der Waals surface area contributed by atoms with Crippen LogP contribution < -0.4 is 0 Å². The molecule has 0 amide bonds. The number of benzene rings is 2. The van der Waals surface area contributed by atoms with Gasteiger partial charge in [-0.2, -0.15) is 0 Å². The molecule has 0 saturated heterocycles. The summed E-state index contributed by atoms with van der Waals surface area (Å²) in [5.74, 6) is 0. The molecule has 1 aromatic heterocycles. The Kier molecular flexibility index (Phi) is 1.93. The molecule has 0 spiro atoms. The van der Waals surface area contributed by atoms with Crippen LogP contribution in [0.2, 0.25) is 0 Å². The summed E-state index contributed by atoms with van der Waals surface area (Å²) in [4.78, 5) is 4.48. The van der Waals surface area contributed by atoms with Crippen molar-refractivity contribution in [2.75, 3.05) is 0 Å². The van der Waals surface area contributed by atoms with Gasteiger partial charge < -0.3 is 0 Å². The molecule has 0 aliphatic carbocycles. The summed E-state index contributed by atoms with van der Waals surface area (Å²) >= 11 is 0. The molecule has 1 heteroatoms. The minimum Gasteiger partial charge on any atom is -0.256 e. The van der Waals surface area contributed by atoms with Crippen molar-refractivity contribution in [1.29, 1.82) is 0 Å². The second-order valence-corrected chi connectivity index (χ2v) is 4.18. The van der Waals surface area contributed by atoms with Crippen molar-refractivity contribution >= 4 is 21.7 Å². The first-order chi connectivity index (χ1) is 7.75. The second kappa shape index (κ2) is 3.31. The van der Waals surface area contributed by atoms with Crippen LogP contribution in [-0.4, -0.2) is 4.98 Å². The molecule has 16 heavy (non-hydrogen) atoms. The van der Waals surface area contributed by atoms with Crippen molar-refractivity contribution < 1.29 is 0 Å². The molecule has 0 N–H and O–H groups in total. The van der Waals surface area contributed by atoms with Crippen LogP contribution in [0.25, 0.3) is 21.7 Å². The number of aryl methyl sites for hydroxylation is 2. The van der Waals surface area contributed by atoms with Crippen molar-refractivity contribution in [3.05, 3.63) is 53.7 Å². The molecule has 0 aliphatic rings.